The van der Waals surface area contributed by atoms with Crippen LogP contribution in [-0.2, 0) is 9.47 Å². The fourth-order valence-corrected chi connectivity index (χ4v) is 1.77. The first-order valence-corrected chi connectivity index (χ1v) is 6.65. The molecule has 0 aliphatic carbocycles. The summed E-state index contributed by atoms with van der Waals surface area (Å²) in [6.07, 6.45) is -0.361. The molecule has 0 bridgehead atoms. The monoisotopic (exact) mass is 322 g/mol. The van der Waals surface area contributed by atoms with Crippen molar-refractivity contribution in [2.24, 2.45) is 0 Å². The van der Waals surface area contributed by atoms with Gasteiger partial charge in [-0.25, -0.2) is 0 Å². The minimum atomic E-state index is -0.361. The molecule has 0 radical (unpaired) electrons. The van der Waals surface area contributed by atoms with Gasteiger partial charge in [-0.15, -0.1) is 0 Å². The first-order chi connectivity index (χ1) is 8.17. The topological polar surface area (TPSA) is 27.7 Å². The number of benzene rings is 1. The standard InChI is InChI=1S/C12H16BrClO3/c1-3-15-12(16-4-2)8-17-11-7-9(13)5-6-10(11)14/h5-7,12H,3-4,8H2,1-2H3. The third-order valence-corrected chi connectivity index (χ3v) is 2.78. The summed E-state index contributed by atoms with van der Waals surface area (Å²) in [5.74, 6) is 0.616. The summed E-state index contributed by atoms with van der Waals surface area (Å²) < 4.78 is 17.2. The Balaban J connectivity index is 2.55. The van der Waals surface area contributed by atoms with Crippen LogP contribution in [0.3, 0.4) is 0 Å². The summed E-state index contributed by atoms with van der Waals surface area (Å²) in [7, 11) is 0. The van der Waals surface area contributed by atoms with Gasteiger partial charge in [-0.3, -0.25) is 0 Å². The molecule has 0 fully saturated rings. The first-order valence-electron chi connectivity index (χ1n) is 5.48. The van der Waals surface area contributed by atoms with Crippen LogP contribution >= 0.6 is 27.5 Å². The Morgan fingerprint density at radius 1 is 1.24 bits per heavy atom. The van der Waals surface area contributed by atoms with Gasteiger partial charge in [0.25, 0.3) is 0 Å². The Hall–Kier alpha value is -0.290. The van der Waals surface area contributed by atoms with Crippen LogP contribution in [0.4, 0.5) is 0 Å². The summed E-state index contributed by atoms with van der Waals surface area (Å²) in [5.41, 5.74) is 0. The van der Waals surface area contributed by atoms with Crippen LogP contribution in [0.2, 0.25) is 5.02 Å². The van der Waals surface area contributed by atoms with Gasteiger partial charge in [-0.2, -0.15) is 0 Å². The number of hydrogen-bond acceptors (Lipinski definition) is 3. The normalized spacial score (nSPS) is 10.9. The van der Waals surface area contributed by atoms with E-state index in [-0.39, 0.29) is 6.29 Å². The maximum Gasteiger partial charge on any atom is 0.191 e. The highest BCUT2D eigenvalue weighted by atomic mass is 79.9. The predicted molar refractivity (Wildman–Crippen MR) is 71.7 cm³/mol. The summed E-state index contributed by atoms with van der Waals surface area (Å²) in [6, 6.07) is 5.45. The lowest BCUT2D eigenvalue weighted by molar-refractivity contribution is -0.152. The molecule has 0 saturated heterocycles. The van der Waals surface area contributed by atoms with Crippen molar-refractivity contribution in [3.8, 4) is 5.75 Å². The van der Waals surface area contributed by atoms with Crippen molar-refractivity contribution in [2.45, 2.75) is 20.1 Å². The zero-order valence-electron chi connectivity index (χ0n) is 9.91. The molecule has 0 aliphatic rings. The van der Waals surface area contributed by atoms with E-state index < -0.39 is 0 Å². The van der Waals surface area contributed by atoms with Gasteiger partial charge in [0, 0.05) is 17.7 Å². The van der Waals surface area contributed by atoms with Gasteiger partial charge in [0.15, 0.2) is 6.29 Å². The van der Waals surface area contributed by atoms with E-state index in [9.17, 15) is 0 Å². The van der Waals surface area contributed by atoms with E-state index in [1.165, 1.54) is 0 Å². The van der Waals surface area contributed by atoms with E-state index in [1.54, 1.807) is 6.07 Å². The van der Waals surface area contributed by atoms with Crippen LogP contribution in [0.5, 0.6) is 5.75 Å². The summed E-state index contributed by atoms with van der Waals surface area (Å²) in [4.78, 5) is 0. The Morgan fingerprint density at radius 2 is 1.88 bits per heavy atom. The molecule has 0 amide bonds. The van der Waals surface area contributed by atoms with Crippen molar-refractivity contribution in [2.75, 3.05) is 19.8 Å². The van der Waals surface area contributed by atoms with Gasteiger partial charge in [0.1, 0.15) is 12.4 Å². The van der Waals surface area contributed by atoms with Crippen LogP contribution in [0.15, 0.2) is 22.7 Å². The number of hydrogen-bond donors (Lipinski definition) is 0. The largest absolute Gasteiger partial charge is 0.487 e. The summed E-state index contributed by atoms with van der Waals surface area (Å²) >= 11 is 9.37. The minimum Gasteiger partial charge on any atom is -0.487 e. The quantitative estimate of drug-likeness (QED) is 0.713. The second-order valence-electron chi connectivity index (χ2n) is 3.23. The lowest BCUT2D eigenvalue weighted by Crippen LogP contribution is -2.25. The summed E-state index contributed by atoms with van der Waals surface area (Å²) in [6.45, 7) is 5.31. The molecule has 0 spiro atoms. The van der Waals surface area contributed by atoms with Crippen molar-refractivity contribution < 1.29 is 14.2 Å². The second kappa shape index (κ2) is 7.93. The molecule has 0 heterocycles. The molecule has 3 nitrogen and oxygen atoms in total. The number of ether oxygens (including phenoxy) is 3. The van der Waals surface area contributed by atoms with E-state index in [2.05, 4.69) is 15.9 Å². The molecular weight excluding hydrogens is 307 g/mol. The third-order valence-electron chi connectivity index (χ3n) is 1.97. The highest BCUT2D eigenvalue weighted by Gasteiger charge is 2.10. The molecule has 1 aromatic rings. The molecule has 0 aromatic heterocycles. The van der Waals surface area contributed by atoms with Crippen molar-refractivity contribution in [3.63, 3.8) is 0 Å². The molecule has 17 heavy (non-hydrogen) atoms. The SMILES string of the molecule is CCOC(COc1cc(Br)ccc1Cl)OCC. The zero-order chi connectivity index (χ0) is 12.7. The second-order valence-corrected chi connectivity index (χ2v) is 4.55. The Kier molecular flexibility index (Phi) is 6.89. The molecule has 0 N–H and O–H groups in total. The summed E-state index contributed by atoms with van der Waals surface area (Å²) in [5, 5.41) is 0.569. The maximum atomic E-state index is 6.01. The molecule has 1 aromatic carbocycles. The molecule has 0 atom stereocenters. The fraction of sp³-hybridized carbons (Fsp3) is 0.500. The Morgan fingerprint density at radius 3 is 2.47 bits per heavy atom. The lowest BCUT2D eigenvalue weighted by Gasteiger charge is -2.18. The smallest absolute Gasteiger partial charge is 0.191 e. The Bertz CT molecular complexity index is 341. The maximum absolute atomic E-state index is 6.01. The highest BCUT2D eigenvalue weighted by Crippen LogP contribution is 2.28. The number of halogens is 2. The van der Waals surface area contributed by atoms with Crippen LogP contribution in [0.1, 0.15) is 13.8 Å². The molecule has 96 valence electrons. The van der Waals surface area contributed by atoms with Crippen LogP contribution < -0.4 is 4.74 Å². The van der Waals surface area contributed by atoms with Crippen LogP contribution in [0.25, 0.3) is 0 Å². The van der Waals surface area contributed by atoms with Gasteiger partial charge >= 0.3 is 0 Å². The van der Waals surface area contributed by atoms with Crippen molar-refractivity contribution in [1.82, 2.24) is 0 Å². The highest BCUT2D eigenvalue weighted by molar-refractivity contribution is 9.10. The molecular formula is C12H16BrClO3. The molecule has 0 unspecified atom stereocenters. The van der Waals surface area contributed by atoms with Gasteiger partial charge in [-0.1, -0.05) is 27.5 Å². The van der Waals surface area contributed by atoms with E-state index in [0.717, 1.165) is 4.47 Å². The van der Waals surface area contributed by atoms with Gasteiger partial charge < -0.3 is 14.2 Å². The van der Waals surface area contributed by atoms with E-state index in [0.29, 0.717) is 30.6 Å². The zero-order valence-corrected chi connectivity index (χ0v) is 12.3. The van der Waals surface area contributed by atoms with E-state index >= 15 is 0 Å². The van der Waals surface area contributed by atoms with Gasteiger partial charge in [0.05, 0.1) is 5.02 Å². The van der Waals surface area contributed by atoms with Gasteiger partial charge in [0.2, 0.25) is 0 Å². The predicted octanol–water partition coefficient (Wildman–Crippen LogP) is 3.88. The number of rotatable bonds is 7. The van der Waals surface area contributed by atoms with Crippen molar-refractivity contribution >= 4 is 27.5 Å². The minimum absolute atomic E-state index is 0.317. The fourth-order valence-electron chi connectivity index (χ4n) is 1.26. The van der Waals surface area contributed by atoms with Crippen molar-refractivity contribution in [1.29, 1.82) is 0 Å². The van der Waals surface area contributed by atoms with Crippen molar-refractivity contribution in [3.05, 3.63) is 27.7 Å². The average Bonchev–Trinajstić information content (AvgIpc) is 2.30. The molecule has 0 aliphatic heterocycles. The first kappa shape index (κ1) is 14.8. The molecule has 5 heteroatoms. The van der Waals surface area contributed by atoms with Gasteiger partial charge in [-0.05, 0) is 32.0 Å². The molecule has 1 rings (SSSR count). The van der Waals surface area contributed by atoms with Crippen LogP contribution in [-0.4, -0.2) is 26.1 Å². The lowest BCUT2D eigenvalue weighted by atomic mass is 10.3. The molecule has 0 saturated carbocycles. The average molecular weight is 324 g/mol. The van der Waals surface area contributed by atoms with Crippen LogP contribution in [0, 0.1) is 0 Å². The van der Waals surface area contributed by atoms with E-state index in [4.69, 9.17) is 25.8 Å². The third kappa shape index (κ3) is 5.25. The Labute approximate surface area is 115 Å². The van der Waals surface area contributed by atoms with E-state index in [1.807, 2.05) is 26.0 Å².